The van der Waals surface area contributed by atoms with Gasteiger partial charge in [-0.15, -0.1) is 11.6 Å². The number of rotatable bonds is 5. The summed E-state index contributed by atoms with van der Waals surface area (Å²) in [6.07, 6.45) is -3.46. The van der Waals surface area contributed by atoms with Gasteiger partial charge in [-0.1, -0.05) is 0 Å². The van der Waals surface area contributed by atoms with Crippen LogP contribution in [0.15, 0.2) is 0 Å². The molecule has 0 aromatic rings. The van der Waals surface area contributed by atoms with Crippen molar-refractivity contribution >= 4 is 11.6 Å². The summed E-state index contributed by atoms with van der Waals surface area (Å²) in [6, 6.07) is 0. The SMILES string of the molecule is FC(F)(F)CCCN1CCCN(CCCl)CC1. The average molecular weight is 273 g/mol. The minimum atomic E-state index is -4.02. The van der Waals surface area contributed by atoms with E-state index in [0.717, 1.165) is 39.1 Å². The van der Waals surface area contributed by atoms with Crippen molar-refractivity contribution < 1.29 is 13.2 Å². The molecule has 102 valence electrons. The van der Waals surface area contributed by atoms with Crippen molar-refractivity contribution in [2.24, 2.45) is 0 Å². The van der Waals surface area contributed by atoms with E-state index < -0.39 is 12.6 Å². The fraction of sp³-hybridized carbons (Fsp3) is 1.00. The normalized spacial score (nSPS) is 20.5. The van der Waals surface area contributed by atoms with Crippen LogP contribution in [0.3, 0.4) is 0 Å². The fourth-order valence-electron chi connectivity index (χ4n) is 2.09. The smallest absolute Gasteiger partial charge is 0.302 e. The van der Waals surface area contributed by atoms with E-state index in [1.54, 1.807) is 0 Å². The molecule has 0 aliphatic carbocycles. The van der Waals surface area contributed by atoms with Gasteiger partial charge in [0.25, 0.3) is 0 Å². The second kappa shape index (κ2) is 7.44. The van der Waals surface area contributed by atoms with E-state index in [-0.39, 0.29) is 6.42 Å². The molecule has 2 nitrogen and oxygen atoms in total. The monoisotopic (exact) mass is 272 g/mol. The Kier molecular flexibility index (Phi) is 6.59. The Balaban J connectivity index is 2.18. The average Bonchev–Trinajstić information content (AvgIpc) is 2.43. The van der Waals surface area contributed by atoms with Crippen molar-refractivity contribution in [3.05, 3.63) is 0 Å². The summed E-state index contributed by atoms with van der Waals surface area (Å²) < 4.78 is 36.0. The second-order valence-corrected chi connectivity index (χ2v) is 4.82. The molecular weight excluding hydrogens is 253 g/mol. The Morgan fingerprint density at radius 3 is 2.06 bits per heavy atom. The quantitative estimate of drug-likeness (QED) is 0.710. The summed E-state index contributed by atoms with van der Waals surface area (Å²) >= 11 is 5.68. The highest BCUT2D eigenvalue weighted by molar-refractivity contribution is 6.18. The van der Waals surface area contributed by atoms with Crippen LogP contribution in [0, 0.1) is 0 Å². The summed E-state index contributed by atoms with van der Waals surface area (Å²) in [5.41, 5.74) is 0. The zero-order chi connectivity index (χ0) is 12.7. The van der Waals surface area contributed by atoms with Gasteiger partial charge in [0.1, 0.15) is 0 Å². The molecule has 0 aromatic heterocycles. The minimum absolute atomic E-state index is 0.207. The molecule has 1 aliphatic rings. The third kappa shape index (κ3) is 7.11. The standard InChI is InChI=1S/C11H20ClF3N2/c12-4-8-17-7-2-6-16(9-10-17)5-1-3-11(13,14)15/h1-10H2. The molecule has 0 aromatic carbocycles. The number of alkyl halides is 4. The first-order chi connectivity index (χ1) is 8.01. The van der Waals surface area contributed by atoms with Crippen LogP contribution in [0.2, 0.25) is 0 Å². The van der Waals surface area contributed by atoms with Crippen LogP contribution in [0.1, 0.15) is 19.3 Å². The third-order valence-corrected chi connectivity index (χ3v) is 3.19. The van der Waals surface area contributed by atoms with Crippen LogP contribution in [0.5, 0.6) is 0 Å². The van der Waals surface area contributed by atoms with Gasteiger partial charge in [-0.2, -0.15) is 13.2 Å². The molecule has 1 aliphatic heterocycles. The zero-order valence-electron chi connectivity index (χ0n) is 9.98. The van der Waals surface area contributed by atoms with Crippen molar-refractivity contribution in [3.63, 3.8) is 0 Å². The molecule has 1 rings (SSSR count). The second-order valence-electron chi connectivity index (χ2n) is 4.44. The summed E-state index contributed by atoms with van der Waals surface area (Å²) in [7, 11) is 0. The van der Waals surface area contributed by atoms with Gasteiger partial charge in [0, 0.05) is 31.9 Å². The predicted molar refractivity (Wildman–Crippen MR) is 63.5 cm³/mol. The molecule has 0 radical (unpaired) electrons. The molecule has 0 bridgehead atoms. The third-order valence-electron chi connectivity index (χ3n) is 3.02. The molecule has 17 heavy (non-hydrogen) atoms. The molecule has 0 saturated carbocycles. The molecule has 0 unspecified atom stereocenters. The first-order valence-electron chi connectivity index (χ1n) is 6.09. The molecular formula is C11H20ClF3N2. The van der Waals surface area contributed by atoms with Crippen LogP contribution >= 0.6 is 11.6 Å². The Hall–Kier alpha value is 0. The van der Waals surface area contributed by atoms with Crippen molar-refractivity contribution in [2.75, 3.05) is 45.1 Å². The van der Waals surface area contributed by atoms with Gasteiger partial charge >= 0.3 is 6.18 Å². The Bertz CT molecular complexity index is 211. The van der Waals surface area contributed by atoms with Gasteiger partial charge < -0.3 is 9.80 Å². The summed E-state index contributed by atoms with van der Waals surface area (Å²) in [4.78, 5) is 4.40. The number of hydrogen-bond donors (Lipinski definition) is 0. The number of hydrogen-bond acceptors (Lipinski definition) is 2. The first-order valence-corrected chi connectivity index (χ1v) is 6.62. The maximum Gasteiger partial charge on any atom is 0.389 e. The fourth-order valence-corrected chi connectivity index (χ4v) is 2.33. The van der Waals surface area contributed by atoms with Gasteiger partial charge in [0.2, 0.25) is 0 Å². The molecule has 1 fully saturated rings. The largest absolute Gasteiger partial charge is 0.389 e. The highest BCUT2D eigenvalue weighted by Gasteiger charge is 2.26. The minimum Gasteiger partial charge on any atom is -0.302 e. The van der Waals surface area contributed by atoms with E-state index in [1.807, 2.05) is 0 Å². The molecule has 1 saturated heterocycles. The lowest BCUT2D eigenvalue weighted by atomic mass is 10.2. The van der Waals surface area contributed by atoms with Crippen molar-refractivity contribution in [2.45, 2.75) is 25.4 Å². The van der Waals surface area contributed by atoms with Gasteiger partial charge in [0.05, 0.1) is 0 Å². The summed E-state index contributed by atoms with van der Waals surface area (Å²) in [5, 5.41) is 0. The molecule has 0 N–H and O–H groups in total. The topological polar surface area (TPSA) is 6.48 Å². The lowest BCUT2D eigenvalue weighted by Gasteiger charge is -2.21. The Labute approximate surface area is 106 Å². The lowest BCUT2D eigenvalue weighted by molar-refractivity contribution is -0.136. The van der Waals surface area contributed by atoms with Gasteiger partial charge in [-0.3, -0.25) is 0 Å². The molecule has 0 amide bonds. The lowest BCUT2D eigenvalue weighted by Crippen LogP contribution is -2.32. The van der Waals surface area contributed by atoms with Crippen LogP contribution in [0.25, 0.3) is 0 Å². The number of halogens is 4. The highest BCUT2D eigenvalue weighted by atomic mass is 35.5. The van der Waals surface area contributed by atoms with Crippen LogP contribution < -0.4 is 0 Å². The van der Waals surface area contributed by atoms with E-state index >= 15 is 0 Å². The van der Waals surface area contributed by atoms with Crippen molar-refractivity contribution in [1.82, 2.24) is 9.80 Å². The van der Waals surface area contributed by atoms with Crippen molar-refractivity contribution in [1.29, 1.82) is 0 Å². The van der Waals surface area contributed by atoms with Crippen LogP contribution in [0.4, 0.5) is 13.2 Å². The summed E-state index contributed by atoms with van der Waals surface area (Å²) in [5.74, 6) is 0.619. The Morgan fingerprint density at radius 2 is 1.53 bits per heavy atom. The van der Waals surface area contributed by atoms with Crippen LogP contribution in [-0.2, 0) is 0 Å². The van der Waals surface area contributed by atoms with E-state index in [2.05, 4.69) is 9.80 Å². The van der Waals surface area contributed by atoms with Gasteiger partial charge in [0.15, 0.2) is 0 Å². The maximum absolute atomic E-state index is 12.0. The van der Waals surface area contributed by atoms with Gasteiger partial charge in [-0.05, 0) is 32.5 Å². The first kappa shape index (κ1) is 15.1. The summed E-state index contributed by atoms with van der Waals surface area (Å²) in [6.45, 7) is 5.10. The maximum atomic E-state index is 12.0. The Morgan fingerprint density at radius 1 is 0.941 bits per heavy atom. The molecule has 0 spiro atoms. The van der Waals surface area contributed by atoms with E-state index in [1.165, 1.54) is 0 Å². The number of nitrogens with zero attached hydrogens (tertiary/aromatic N) is 2. The van der Waals surface area contributed by atoms with E-state index in [9.17, 15) is 13.2 Å². The molecule has 6 heteroatoms. The van der Waals surface area contributed by atoms with E-state index in [0.29, 0.717) is 12.4 Å². The zero-order valence-corrected chi connectivity index (χ0v) is 10.7. The highest BCUT2D eigenvalue weighted by Crippen LogP contribution is 2.21. The van der Waals surface area contributed by atoms with Crippen molar-refractivity contribution in [3.8, 4) is 0 Å². The predicted octanol–water partition coefficient (Wildman–Crippen LogP) is 2.58. The van der Waals surface area contributed by atoms with Crippen LogP contribution in [-0.4, -0.2) is 61.1 Å². The van der Waals surface area contributed by atoms with E-state index in [4.69, 9.17) is 11.6 Å². The van der Waals surface area contributed by atoms with Gasteiger partial charge in [-0.25, -0.2) is 0 Å². The molecule has 0 atom stereocenters. The molecule has 1 heterocycles.